The van der Waals surface area contributed by atoms with Gasteiger partial charge in [0.2, 0.25) is 6.19 Å². The molecule has 0 bridgehead atoms. The molecule has 6 heteroatoms. The summed E-state index contributed by atoms with van der Waals surface area (Å²) in [5.41, 5.74) is 0. The summed E-state index contributed by atoms with van der Waals surface area (Å²) in [6, 6.07) is 4.83. The summed E-state index contributed by atoms with van der Waals surface area (Å²) in [4.78, 5) is 0.451. The molecule has 14 heavy (non-hydrogen) atoms. The zero-order valence-corrected chi connectivity index (χ0v) is 10.4. The maximum Gasteiger partial charge on any atom is 0.214 e. The molecule has 74 valence electrons. The number of nitrogens with zero attached hydrogens (tertiary/aromatic N) is 2. The van der Waals surface area contributed by atoms with Gasteiger partial charge in [0.25, 0.3) is 0 Å². The average molecular weight is 294 g/mol. The molecule has 1 aromatic rings. The van der Waals surface area contributed by atoms with E-state index in [4.69, 9.17) is 16.9 Å². The molecule has 0 N–H and O–H groups in total. The van der Waals surface area contributed by atoms with E-state index in [-0.39, 0.29) is 0 Å². The van der Waals surface area contributed by atoms with Gasteiger partial charge >= 0.3 is 0 Å². The maximum absolute atomic E-state index is 11.8. The Morgan fingerprint density at radius 1 is 1.64 bits per heavy atom. The van der Waals surface area contributed by atoms with E-state index in [1.807, 2.05) is 0 Å². The van der Waals surface area contributed by atoms with Crippen LogP contribution >= 0.6 is 27.5 Å². The Kier molecular flexibility index (Phi) is 3.53. The van der Waals surface area contributed by atoms with Crippen molar-refractivity contribution >= 4 is 37.3 Å². The van der Waals surface area contributed by atoms with Crippen molar-refractivity contribution in [1.82, 2.24) is 0 Å². The molecule has 0 radical (unpaired) electrons. The molecule has 0 aliphatic rings. The van der Waals surface area contributed by atoms with Gasteiger partial charge in [-0.05, 0) is 34.1 Å². The van der Waals surface area contributed by atoms with E-state index < -0.39 is 9.73 Å². The summed E-state index contributed by atoms with van der Waals surface area (Å²) in [7, 11) is -2.64. The predicted octanol–water partition coefficient (Wildman–Crippen LogP) is 3.04. The normalized spacial score (nSPS) is 14.1. The van der Waals surface area contributed by atoms with Crippen molar-refractivity contribution in [2.24, 2.45) is 4.36 Å². The third-order valence-corrected chi connectivity index (χ3v) is 4.33. The van der Waals surface area contributed by atoms with Gasteiger partial charge in [-0.2, -0.15) is 5.26 Å². The van der Waals surface area contributed by atoms with Crippen LogP contribution in [0.5, 0.6) is 0 Å². The van der Waals surface area contributed by atoms with E-state index in [0.29, 0.717) is 9.92 Å². The fourth-order valence-electron chi connectivity index (χ4n) is 0.843. The Morgan fingerprint density at radius 3 is 2.79 bits per heavy atom. The number of hydrogen-bond acceptors (Lipinski definition) is 3. The smallest absolute Gasteiger partial charge is 0.214 e. The molecule has 0 aromatic heterocycles. The summed E-state index contributed by atoms with van der Waals surface area (Å²) >= 11 is 9.04. The van der Waals surface area contributed by atoms with E-state index in [9.17, 15) is 4.21 Å². The maximum atomic E-state index is 11.8. The van der Waals surface area contributed by atoms with Gasteiger partial charge in [0.15, 0.2) is 0 Å². The highest BCUT2D eigenvalue weighted by Gasteiger charge is 2.07. The van der Waals surface area contributed by atoms with Crippen LogP contribution in [0.25, 0.3) is 0 Å². The Bertz CT molecular complexity index is 515. The summed E-state index contributed by atoms with van der Waals surface area (Å²) < 4.78 is 15.9. The summed E-state index contributed by atoms with van der Waals surface area (Å²) in [6.45, 7) is 0. The molecule has 1 rings (SSSR count). The molecule has 0 saturated heterocycles. The third-order valence-electron chi connectivity index (χ3n) is 1.54. The minimum absolute atomic E-state index is 0.449. The lowest BCUT2D eigenvalue weighted by atomic mass is 10.4. The minimum atomic E-state index is -2.64. The molecule has 1 unspecified atom stereocenters. The Balaban J connectivity index is 3.38. The molecule has 0 heterocycles. The third kappa shape index (κ3) is 2.47. The second-order valence-corrected chi connectivity index (χ2v) is 6.09. The predicted molar refractivity (Wildman–Crippen MR) is 59.5 cm³/mol. The average Bonchev–Trinajstić information content (AvgIpc) is 2.09. The molecule has 0 amide bonds. The SMILES string of the molecule is CS(=O)(=NC#N)c1ccc(Br)c(Cl)c1. The Labute approximate surface area is 96.0 Å². The van der Waals surface area contributed by atoms with Gasteiger partial charge in [0, 0.05) is 15.6 Å². The summed E-state index contributed by atoms with van der Waals surface area (Å²) in [5.74, 6) is 0. The van der Waals surface area contributed by atoms with Crippen LogP contribution in [0.3, 0.4) is 0 Å². The number of halogens is 2. The molecular formula is C8H6BrClN2OS. The molecule has 0 aliphatic heterocycles. The van der Waals surface area contributed by atoms with Gasteiger partial charge < -0.3 is 0 Å². The molecule has 0 saturated carbocycles. The lowest BCUT2D eigenvalue weighted by molar-refractivity contribution is 0.681. The number of benzene rings is 1. The fourth-order valence-corrected chi connectivity index (χ4v) is 2.25. The number of rotatable bonds is 1. The highest BCUT2D eigenvalue weighted by Crippen LogP contribution is 2.25. The highest BCUT2D eigenvalue weighted by atomic mass is 79.9. The largest absolute Gasteiger partial charge is 0.244 e. The summed E-state index contributed by atoms with van der Waals surface area (Å²) in [6.07, 6.45) is 2.93. The van der Waals surface area contributed by atoms with Gasteiger partial charge in [-0.25, -0.2) is 4.21 Å². The first-order valence-corrected chi connectivity index (χ1v) is 6.62. The number of nitriles is 1. The van der Waals surface area contributed by atoms with Crippen molar-refractivity contribution in [1.29, 1.82) is 5.26 Å². The van der Waals surface area contributed by atoms with Crippen LogP contribution in [0.2, 0.25) is 5.02 Å². The lowest BCUT2D eigenvalue weighted by Crippen LogP contribution is -1.96. The highest BCUT2D eigenvalue weighted by molar-refractivity contribution is 9.10. The first-order valence-electron chi connectivity index (χ1n) is 3.52. The Morgan fingerprint density at radius 2 is 2.29 bits per heavy atom. The molecule has 1 aromatic carbocycles. The monoisotopic (exact) mass is 292 g/mol. The van der Waals surface area contributed by atoms with Crippen molar-refractivity contribution < 1.29 is 4.21 Å². The van der Waals surface area contributed by atoms with Crippen molar-refractivity contribution in [3.8, 4) is 6.19 Å². The van der Waals surface area contributed by atoms with Gasteiger partial charge in [-0.1, -0.05) is 11.6 Å². The zero-order valence-electron chi connectivity index (χ0n) is 7.20. The molecule has 0 aliphatic carbocycles. The van der Waals surface area contributed by atoms with E-state index in [1.165, 1.54) is 18.5 Å². The van der Waals surface area contributed by atoms with Gasteiger partial charge in [0.1, 0.15) is 0 Å². The molecule has 3 nitrogen and oxygen atoms in total. The van der Waals surface area contributed by atoms with Crippen LogP contribution < -0.4 is 0 Å². The number of hydrogen-bond donors (Lipinski definition) is 0. The fraction of sp³-hybridized carbons (Fsp3) is 0.125. The van der Waals surface area contributed by atoms with Crippen molar-refractivity contribution in [3.63, 3.8) is 0 Å². The van der Waals surface area contributed by atoms with E-state index >= 15 is 0 Å². The van der Waals surface area contributed by atoms with Crippen LogP contribution in [0.1, 0.15) is 0 Å². The standard InChI is InChI=1S/C8H6BrClN2OS/c1-14(13,12-5-11)6-2-3-7(9)8(10)4-6/h2-4H,1H3. The van der Waals surface area contributed by atoms with Gasteiger partial charge in [-0.3, -0.25) is 0 Å². The van der Waals surface area contributed by atoms with E-state index in [2.05, 4.69) is 20.3 Å². The molecule has 0 spiro atoms. The van der Waals surface area contributed by atoms with Gasteiger partial charge in [0.05, 0.1) is 14.8 Å². The van der Waals surface area contributed by atoms with Crippen molar-refractivity contribution in [2.45, 2.75) is 4.90 Å². The molecule has 1 atom stereocenters. The van der Waals surface area contributed by atoms with Crippen LogP contribution in [-0.4, -0.2) is 10.5 Å². The molecule has 0 fully saturated rings. The van der Waals surface area contributed by atoms with Crippen LogP contribution in [-0.2, 0) is 9.73 Å². The van der Waals surface area contributed by atoms with E-state index in [1.54, 1.807) is 12.1 Å². The summed E-state index contributed by atoms with van der Waals surface area (Å²) in [5, 5.41) is 8.80. The van der Waals surface area contributed by atoms with Crippen LogP contribution in [0.4, 0.5) is 0 Å². The second-order valence-electron chi connectivity index (χ2n) is 2.57. The Hall–Kier alpha value is -0.570. The quantitative estimate of drug-likeness (QED) is 0.747. The molecular weight excluding hydrogens is 288 g/mol. The minimum Gasteiger partial charge on any atom is -0.244 e. The van der Waals surface area contributed by atoms with Crippen LogP contribution in [0, 0.1) is 11.5 Å². The second kappa shape index (κ2) is 4.30. The van der Waals surface area contributed by atoms with Gasteiger partial charge in [-0.15, -0.1) is 4.36 Å². The first kappa shape index (κ1) is 11.5. The van der Waals surface area contributed by atoms with E-state index in [0.717, 1.165) is 4.47 Å². The van der Waals surface area contributed by atoms with Crippen LogP contribution in [0.15, 0.2) is 31.9 Å². The zero-order chi connectivity index (χ0) is 10.8. The van der Waals surface area contributed by atoms with Crippen molar-refractivity contribution in [3.05, 3.63) is 27.7 Å². The van der Waals surface area contributed by atoms with Crippen molar-refractivity contribution in [2.75, 3.05) is 6.26 Å². The first-order chi connectivity index (χ1) is 6.47. The lowest BCUT2D eigenvalue weighted by Gasteiger charge is -2.03. The topological polar surface area (TPSA) is 53.2 Å².